The molecule has 0 unspecified atom stereocenters. The first kappa shape index (κ1) is 24.3. The standard InChI is InChI=1S/C27H26FN7O2/c1-30-26(18-10-14-37-15-11-18)24(25(29)17-2-4-20(28)5-3-17)21-6-7-23-32-22(16-35(23)34-21)33-27(36)19-8-12-31-13-9-19/h2-9,12-13,16,18H,10-11,14-15,29H2,1H3,(H,33,36). The summed E-state index contributed by atoms with van der Waals surface area (Å²) in [5.41, 5.74) is 10.9. The summed E-state index contributed by atoms with van der Waals surface area (Å²) in [4.78, 5) is 25.6. The maximum absolute atomic E-state index is 13.6. The number of pyridine rings is 1. The van der Waals surface area contributed by atoms with Gasteiger partial charge in [0.15, 0.2) is 11.5 Å². The van der Waals surface area contributed by atoms with Crippen molar-refractivity contribution < 1.29 is 13.9 Å². The Hall–Kier alpha value is -4.44. The van der Waals surface area contributed by atoms with Gasteiger partial charge in [0, 0.05) is 55.4 Å². The number of anilines is 1. The predicted molar refractivity (Wildman–Crippen MR) is 139 cm³/mol. The Morgan fingerprint density at radius 2 is 1.81 bits per heavy atom. The minimum Gasteiger partial charge on any atom is -0.398 e. The Balaban J connectivity index is 1.55. The van der Waals surface area contributed by atoms with Crippen molar-refractivity contribution in [2.24, 2.45) is 16.6 Å². The summed E-state index contributed by atoms with van der Waals surface area (Å²) < 4.78 is 20.8. The van der Waals surface area contributed by atoms with Crippen LogP contribution in [-0.4, -0.2) is 51.5 Å². The number of hydrogen-bond donors (Lipinski definition) is 2. The van der Waals surface area contributed by atoms with E-state index in [1.165, 1.54) is 12.1 Å². The number of imidazole rings is 1. The fourth-order valence-corrected chi connectivity index (χ4v) is 4.42. The summed E-state index contributed by atoms with van der Waals surface area (Å²) >= 11 is 0. The highest BCUT2D eigenvalue weighted by atomic mass is 19.1. The number of amides is 1. The van der Waals surface area contributed by atoms with Crippen molar-refractivity contribution in [1.29, 1.82) is 0 Å². The molecule has 1 aliphatic rings. The number of hydrogen-bond acceptors (Lipinski definition) is 7. The fraction of sp³-hybridized carbons (Fsp3) is 0.222. The average molecular weight is 500 g/mol. The zero-order valence-electron chi connectivity index (χ0n) is 20.3. The van der Waals surface area contributed by atoms with Crippen molar-refractivity contribution in [1.82, 2.24) is 19.6 Å². The van der Waals surface area contributed by atoms with Gasteiger partial charge in [0.25, 0.3) is 5.91 Å². The van der Waals surface area contributed by atoms with Crippen molar-refractivity contribution in [3.8, 4) is 0 Å². The zero-order valence-corrected chi connectivity index (χ0v) is 20.3. The monoisotopic (exact) mass is 499 g/mol. The average Bonchev–Trinajstić information content (AvgIpc) is 3.34. The molecule has 0 bridgehead atoms. The maximum atomic E-state index is 13.6. The van der Waals surface area contributed by atoms with E-state index in [1.54, 1.807) is 60.5 Å². The molecule has 0 aliphatic carbocycles. The number of fused-ring (bicyclic) bond motifs is 1. The minimum atomic E-state index is -0.341. The Bertz CT molecular complexity index is 1470. The van der Waals surface area contributed by atoms with Crippen molar-refractivity contribution in [3.05, 3.63) is 89.8 Å². The molecule has 4 aromatic rings. The predicted octanol–water partition coefficient (Wildman–Crippen LogP) is 3.84. The molecule has 188 valence electrons. The highest BCUT2D eigenvalue weighted by Gasteiger charge is 2.26. The quantitative estimate of drug-likeness (QED) is 0.389. The number of halogens is 1. The first-order valence-electron chi connectivity index (χ1n) is 11.9. The van der Waals surface area contributed by atoms with Crippen LogP contribution in [0.15, 0.2) is 72.1 Å². The Labute approximate surface area is 212 Å². The van der Waals surface area contributed by atoms with E-state index in [0.717, 1.165) is 18.6 Å². The topological polar surface area (TPSA) is 120 Å². The van der Waals surface area contributed by atoms with Gasteiger partial charge in [-0.1, -0.05) is 0 Å². The van der Waals surface area contributed by atoms with E-state index in [4.69, 9.17) is 15.6 Å². The van der Waals surface area contributed by atoms with Crippen molar-refractivity contribution in [3.63, 3.8) is 0 Å². The molecule has 3 N–H and O–H groups in total. The van der Waals surface area contributed by atoms with Crippen molar-refractivity contribution >= 4 is 34.4 Å². The van der Waals surface area contributed by atoms with Crippen LogP contribution in [0.4, 0.5) is 10.2 Å². The van der Waals surface area contributed by atoms with E-state index in [0.29, 0.717) is 52.8 Å². The number of carbonyl (C=O) groups excluding carboxylic acids is 1. The van der Waals surface area contributed by atoms with Crippen LogP contribution in [0.25, 0.3) is 16.9 Å². The minimum absolute atomic E-state index is 0.142. The first-order chi connectivity index (χ1) is 18.0. The second kappa shape index (κ2) is 10.7. The van der Waals surface area contributed by atoms with Crippen LogP contribution in [-0.2, 0) is 4.74 Å². The van der Waals surface area contributed by atoms with Crippen LogP contribution in [0.1, 0.15) is 34.5 Å². The van der Waals surface area contributed by atoms with Gasteiger partial charge in [-0.05, 0) is 66.9 Å². The summed E-state index contributed by atoms with van der Waals surface area (Å²) in [6.45, 7) is 1.28. The second-order valence-electron chi connectivity index (χ2n) is 8.63. The molecule has 37 heavy (non-hydrogen) atoms. The molecular weight excluding hydrogens is 473 g/mol. The molecule has 1 fully saturated rings. The number of carbonyl (C=O) groups is 1. The summed E-state index contributed by atoms with van der Waals surface area (Å²) in [5, 5.41) is 7.56. The maximum Gasteiger partial charge on any atom is 0.256 e. The third kappa shape index (κ3) is 5.24. The van der Waals surface area contributed by atoms with Gasteiger partial charge in [0.2, 0.25) is 0 Å². The highest BCUT2D eigenvalue weighted by molar-refractivity contribution is 6.30. The number of nitrogens with two attached hydrogens (primary N) is 1. The van der Waals surface area contributed by atoms with Gasteiger partial charge in [0.1, 0.15) is 5.82 Å². The molecule has 1 aromatic carbocycles. The molecule has 0 saturated carbocycles. The van der Waals surface area contributed by atoms with Crippen LogP contribution in [0.2, 0.25) is 0 Å². The van der Waals surface area contributed by atoms with Crippen LogP contribution >= 0.6 is 0 Å². The Morgan fingerprint density at radius 1 is 1.08 bits per heavy atom. The largest absolute Gasteiger partial charge is 0.398 e. The first-order valence-corrected chi connectivity index (χ1v) is 11.9. The van der Waals surface area contributed by atoms with Crippen LogP contribution in [0, 0.1) is 11.7 Å². The lowest BCUT2D eigenvalue weighted by atomic mass is 9.86. The number of nitrogens with one attached hydrogen (secondary N) is 1. The SMILES string of the molecule is CN=C(C(=C(N)c1ccc(F)cc1)c1ccc2nc(NC(=O)c3ccncc3)cn2n1)C1CCOCC1. The lowest BCUT2D eigenvalue weighted by Gasteiger charge is -2.26. The Kier molecular flexibility index (Phi) is 7.00. The highest BCUT2D eigenvalue weighted by Crippen LogP contribution is 2.30. The van der Waals surface area contributed by atoms with E-state index in [2.05, 4.69) is 20.3 Å². The van der Waals surface area contributed by atoms with Gasteiger partial charge in [-0.25, -0.2) is 13.9 Å². The number of nitrogens with zero attached hydrogens (tertiary/aromatic N) is 5. The molecule has 0 atom stereocenters. The van der Waals surface area contributed by atoms with E-state index < -0.39 is 0 Å². The van der Waals surface area contributed by atoms with Gasteiger partial charge in [-0.3, -0.25) is 14.8 Å². The molecule has 0 spiro atoms. The molecule has 5 rings (SSSR count). The van der Waals surface area contributed by atoms with Gasteiger partial charge < -0.3 is 15.8 Å². The lowest BCUT2D eigenvalue weighted by molar-refractivity contribution is 0.0831. The van der Waals surface area contributed by atoms with Gasteiger partial charge >= 0.3 is 0 Å². The number of benzene rings is 1. The van der Waals surface area contributed by atoms with E-state index in [-0.39, 0.29) is 17.6 Å². The normalized spacial score (nSPS) is 15.5. The van der Waals surface area contributed by atoms with E-state index in [1.807, 2.05) is 6.07 Å². The smallest absolute Gasteiger partial charge is 0.256 e. The number of rotatable bonds is 6. The summed E-state index contributed by atoms with van der Waals surface area (Å²) in [6.07, 6.45) is 6.37. The van der Waals surface area contributed by atoms with Crippen LogP contribution in [0.3, 0.4) is 0 Å². The van der Waals surface area contributed by atoms with Gasteiger partial charge in [0.05, 0.1) is 17.6 Å². The fourth-order valence-electron chi connectivity index (χ4n) is 4.42. The number of ether oxygens (including phenoxy) is 1. The van der Waals surface area contributed by atoms with E-state index >= 15 is 0 Å². The molecule has 3 aromatic heterocycles. The van der Waals surface area contributed by atoms with Crippen LogP contribution in [0.5, 0.6) is 0 Å². The molecule has 1 aliphatic heterocycles. The zero-order chi connectivity index (χ0) is 25.8. The van der Waals surface area contributed by atoms with Crippen LogP contribution < -0.4 is 11.1 Å². The number of aromatic nitrogens is 4. The summed E-state index contributed by atoms with van der Waals surface area (Å²) in [6, 6.07) is 12.9. The molecular formula is C27H26FN7O2. The van der Waals surface area contributed by atoms with E-state index in [9.17, 15) is 9.18 Å². The molecule has 10 heteroatoms. The molecule has 4 heterocycles. The van der Waals surface area contributed by atoms with Gasteiger partial charge in [-0.2, -0.15) is 5.10 Å². The summed E-state index contributed by atoms with van der Waals surface area (Å²) in [7, 11) is 1.74. The third-order valence-corrected chi connectivity index (χ3v) is 6.29. The Morgan fingerprint density at radius 3 is 2.51 bits per heavy atom. The summed E-state index contributed by atoms with van der Waals surface area (Å²) in [5.74, 6) is -0.140. The number of aliphatic imine (C=N–C) groups is 1. The number of allylic oxidation sites excluding steroid dienone is 1. The second-order valence-corrected chi connectivity index (χ2v) is 8.63. The van der Waals surface area contributed by atoms with Gasteiger partial charge in [-0.15, -0.1) is 0 Å². The molecule has 1 amide bonds. The van der Waals surface area contributed by atoms with Crippen molar-refractivity contribution in [2.45, 2.75) is 12.8 Å². The molecule has 1 saturated heterocycles. The van der Waals surface area contributed by atoms with Crippen molar-refractivity contribution in [2.75, 3.05) is 25.6 Å². The lowest BCUT2D eigenvalue weighted by Crippen LogP contribution is -2.26. The molecule has 0 radical (unpaired) electrons. The molecule has 9 nitrogen and oxygen atoms in total. The third-order valence-electron chi connectivity index (χ3n) is 6.29.